The Bertz CT molecular complexity index is 2240. The minimum absolute atomic E-state index is 0.00000897. The predicted octanol–water partition coefficient (Wildman–Crippen LogP) is 8.52. The van der Waals surface area contributed by atoms with Gasteiger partial charge in [-0.1, -0.05) is 24.3 Å². The molecule has 0 radical (unpaired) electrons. The highest BCUT2D eigenvalue weighted by Crippen LogP contribution is 2.32. The average Bonchev–Trinajstić information content (AvgIpc) is 3.78. The maximum absolute atomic E-state index is 13.9. The highest BCUT2D eigenvalue weighted by molar-refractivity contribution is 7.17. The quantitative estimate of drug-likeness (QED) is 0.114. The molecule has 6 aromatic rings. The van der Waals surface area contributed by atoms with Crippen molar-refractivity contribution in [2.24, 2.45) is 0 Å². The van der Waals surface area contributed by atoms with Gasteiger partial charge in [-0.15, -0.1) is 11.3 Å². The number of carbonyl (C=O) groups is 4. The molecule has 254 valence electrons. The Morgan fingerprint density at radius 1 is 0.760 bits per heavy atom. The van der Waals surface area contributed by atoms with Gasteiger partial charge in [0.2, 0.25) is 0 Å². The van der Waals surface area contributed by atoms with E-state index < -0.39 is 29.6 Å². The number of thiophene rings is 1. The fourth-order valence-electron chi connectivity index (χ4n) is 5.83. The van der Waals surface area contributed by atoms with E-state index in [2.05, 4.69) is 15.2 Å². The van der Waals surface area contributed by atoms with Gasteiger partial charge in [-0.2, -0.15) is 18.3 Å². The molecule has 1 N–H and O–H groups in total. The molecular weight excluding hydrogens is 666 g/mol. The second-order valence-corrected chi connectivity index (χ2v) is 13.0. The van der Waals surface area contributed by atoms with Crippen LogP contribution in [0.15, 0.2) is 90.4 Å². The zero-order chi connectivity index (χ0) is 35.4. The number of hydrogen-bond donors (Lipinski definition) is 1. The second kappa shape index (κ2) is 14.7. The van der Waals surface area contributed by atoms with Gasteiger partial charge in [-0.3, -0.25) is 29.2 Å². The molecule has 0 fully saturated rings. The summed E-state index contributed by atoms with van der Waals surface area (Å²) in [6.45, 7) is 0.331. The van der Waals surface area contributed by atoms with Crippen LogP contribution in [0.25, 0.3) is 21.0 Å². The van der Waals surface area contributed by atoms with E-state index in [0.29, 0.717) is 22.3 Å². The van der Waals surface area contributed by atoms with E-state index in [4.69, 9.17) is 0 Å². The lowest BCUT2D eigenvalue weighted by Crippen LogP contribution is -2.22. The Morgan fingerprint density at radius 3 is 2.20 bits per heavy atom. The van der Waals surface area contributed by atoms with Gasteiger partial charge in [-0.05, 0) is 78.0 Å². The molecule has 50 heavy (non-hydrogen) atoms. The summed E-state index contributed by atoms with van der Waals surface area (Å²) in [4.78, 5) is 57.9. The number of hydrogen-bond acceptors (Lipinski definition) is 8. The number of benzene rings is 3. The highest BCUT2D eigenvalue weighted by atomic mass is 32.1. The third-order valence-electron chi connectivity index (χ3n) is 8.41. The van der Waals surface area contributed by atoms with Crippen molar-refractivity contribution in [2.75, 3.05) is 7.05 Å². The van der Waals surface area contributed by atoms with Gasteiger partial charge in [0.25, 0.3) is 0 Å². The van der Waals surface area contributed by atoms with Gasteiger partial charge in [0.05, 0.1) is 23.0 Å². The van der Waals surface area contributed by atoms with Crippen LogP contribution >= 0.6 is 11.3 Å². The Hall–Kier alpha value is -5.33. The summed E-state index contributed by atoms with van der Waals surface area (Å²) in [6, 6.07) is 21.2. The first-order valence-electron chi connectivity index (χ1n) is 15.8. The topological polar surface area (TPSA) is 113 Å². The van der Waals surface area contributed by atoms with E-state index >= 15 is 0 Å². The van der Waals surface area contributed by atoms with Crippen LogP contribution in [0, 0.1) is 0 Å². The summed E-state index contributed by atoms with van der Waals surface area (Å²) < 4.78 is 42.8. The summed E-state index contributed by atoms with van der Waals surface area (Å²) in [5.74, 6) is -1.60. The largest absolute Gasteiger partial charge is 0.418 e. The third kappa shape index (κ3) is 7.93. The summed E-state index contributed by atoms with van der Waals surface area (Å²) in [7, 11) is 1.72. The summed E-state index contributed by atoms with van der Waals surface area (Å²) in [5.41, 5.74) is 1.14. The number of carbonyl (C=O) groups excluding carboxylic acids is 4. The molecule has 0 spiro atoms. The molecule has 0 unspecified atom stereocenters. The molecule has 0 saturated carbocycles. The van der Waals surface area contributed by atoms with Crippen LogP contribution in [0.3, 0.4) is 0 Å². The monoisotopic (exact) mass is 696 g/mol. The minimum Gasteiger partial charge on any atom is -0.296 e. The van der Waals surface area contributed by atoms with E-state index in [1.54, 1.807) is 78.8 Å². The van der Waals surface area contributed by atoms with Crippen molar-refractivity contribution in [1.29, 1.82) is 0 Å². The second-order valence-electron chi connectivity index (χ2n) is 12.1. The van der Waals surface area contributed by atoms with Gasteiger partial charge in [0.15, 0.2) is 23.1 Å². The first kappa shape index (κ1) is 34.5. The van der Waals surface area contributed by atoms with Crippen molar-refractivity contribution in [2.45, 2.75) is 44.9 Å². The smallest absolute Gasteiger partial charge is 0.296 e. The molecular formula is C38H31F3N4O4S. The predicted molar refractivity (Wildman–Crippen MR) is 185 cm³/mol. The average molecular weight is 697 g/mol. The molecule has 3 aromatic heterocycles. The number of aromatic nitrogens is 3. The number of H-pyrrole nitrogens is 1. The van der Waals surface area contributed by atoms with Gasteiger partial charge in [0, 0.05) is 65.5 Å². The molecule has 0 saturated heterocycles. The number of nitrogens with one attached hydrogen (secondary N) is 1. The number of aromatic amines is 1. The molecule has 3 aromatic carbocycles. The van der Waals surface area contributed by atoms with E-state index in [1.165, 1.54) is 17.4 Å². The Morgan fingerprint density at radius 2 is 1.44 bits per heavy atom. The zero-order valence-electron chi connectivity index (χ0n) is 26.9. The normalized spacial score (nSPS) is 11.8. The number of nitrogens with zero attached hydrogens (tertiary/aromatic N) is 3. The lowest BCUT2D eigenvalue weighted by atomic mass is 9.97. The fourth-order valence-corrected chi connectivity index (χ4v) is 6.61. The van der Waals surface area contributed by atoms with Gasteiger partial charge in [-0.25, -0.2) is 4.98 Å². The first-order valence-corrected chi connectivity index (χ1v) is 16.7. The molecule has 0 amide bonds. The maximum Gasteiger partial charge on any atom is 0.418 e. The number of fused-ring (bicyclic) bond motifs is 2. The van der Waals surface area contributed by atoms with Crippen molar-refractivity contribution in [3.05, 3.63) is 130 Å². The van der Waals surface area contributed by atoms with E-state index in [0.717, 1.165) is 27.1 Å². The van der Waals surface area contributed by atoms with E-state index in [9.17, 15) is 32.3 Å². The zero-order valence-corrected chi connectivity index (χ0v) is 27.7. The van der Waals surface area contributed by atoms with E-state index in [-0.39, 0.29) is 55.4 Å². The molecule has 3 heterocycles. The minimum atomic E-state index is -4.82. The lowest BCUT2D eigenvalue weighted by molar-refractivity contribution is -0.138. The SMILES string of the molecule is CN(Cc1ccc(C(F)(F)F)c(C(=O)CCC(=O)c2ccc3sccc3c2)n1)Cc1ccccc1C(=O)CCC(=O)c1ccc2[nH]ncc2c1. The number of rotatable bonds is 14. The molecule has 0 aliphatic carbocycles. The van der Waals surface area contributed by atoms with Crippen LogP contribution in [0.5, 0.6) is 0 Å². The number of alkyl halides is 3. The Labute approximate surface area is 289 Å². The lowest BCUT2D eigenvalue weighted by Gasteiger charge is -2.19. The summed E-state index contributed by atoms with van der Waals surface area (Å²) >= 11 is 1.52. The van der Waals surface area contributed by atoms with Crippen LogP contribution in [0.4, 0.5) is 13.2 Å². The van der Waals surface area contributed by atoms with Crippen LogP contribution < -0.4 is 0 Å². The Balaban J connectivity index is 1.10. The van der Waals surface area contributed by atoms with Crippen molar-refractivity contribution in [3.63, 3.8) is 0 Å². The van der Waals surface area contributed by atoms with Crippen molar-refractivity contribution < 1.29 is 32.3 Å². The van der Waals surface area contributed by atoms with Gasteiger partial charge < -0.3 is 0 Å². The fraction of sp³-hybridized carbons (Fsp3) is 0.211. The summed E-state index contributed by atoms with van der Waals surface area (Å²) in [5, 5.41) is 10.4. The van der Waals surface area contributed by atoms with Gasteiger partial charge in [0.1, 0.15) is 5.69 Å². The van der Waals surface area contributed by atoms with E-state index in [1.807, 2.05) is 11.4 Å². The number of pyridine rings is 1. The molecule has 0 bridgehead atoms. The van der Waals surface area contributed by atoms with Gasteiger partial charge >= 0.3 is 6.18 Å². The summed E-state index contributed by atoms with van der Waals surface area (Å²) in [6.07, 6.45) is -3.85. The molecule has 0 aliphatic rings. The van der Waals surface area contributed by atoms with Crippen LogP contribution in [0.1, 0.15) is 84.1 Å². The number of ketones is 4. The van der Waals surface area contributed by atoms with Crippen LogP contribution in [-0.2, 0) is 19.3 Å². The van der Waals surface area contributed by atoms with Crippen molar-refractivity contribution >= 4 is 55.5 Å². The van der Waals surface area contributed by atoms with Crippen LogP contribution in [-0.4, -0.2) is 50.3 Å². The van der Waals surface area contributed by atoms with Crippen molar-refractivity contribution in [3.8, 4) is 0 Å². The standard InChI is InChI=1S/C38H31F3N4O4S/c1-45(21-26-4-2-3-5-29(26)34(48)13-11-32(46)23-6-10-31-27(19-23)20-42-44-31)22-28-8-9-30(38(39,40)41)37(43-28)35(49)14-12-33(47)24-7-15-36-25(18-24)16-17-50-36/h2-10,15-20H,11-14,21-22H2,1H3,(H,42,44). The third-order valence-corrected chi connectivity index (χ3v) is 9.31. The molecule has 6 rings (SSSR count). The highest BCUT2D eigenvalue weighted by Gasteiger charge is 2.36. The van der Waals surface area contributed by atoms with Crippen LogP contribution in [0.2, 0.25) is 0 Å². The maximum atomic E-state index is 13.9. The Kier molecular flexibility index (Phi) is 10.1. The number of halogens is 3. The number of Topliss-reactive ketones (excluding diaryl/α,β-unsaturated/α-hetero) is 4. The molecule has 0 aliphatic heterocycles. The molecule has 12 heteroatoms. The van der Waals surface area contributed by atoms with Crippen molar-refractivity contribution in [1.82, 2.24) is 20.1 Å². The molecule has 8 nitrogen and oxygen atoms in total. The first-order chi connectivity index (χ1) is 24.0. The molecule has 0 atom stereocenters.